The summed E-state index contributed by atoms with van der Waals surface area (Å²) in [5, 5.41) is 20.7. The predicted molar refractivity (Wildman–Crippen MR) is 100 cm³/mol. The van der Waals surface area contributed by atoms with Crippen molar-refractivity contribution >= 4 is 17.5 Å². The molecule has 0 aromatic heterocycles. The Kier molecular flexibility index (Phi) is 4.90. The van der Waals surface area contributed by atoms with Crippen molar-refractivity contribution in [3.8, 4) is 16.9 Å². The first-order chi connectivity index (χ1) is 12.6. The topological polar surface area (TPSA) is 80.4 Å². The number of nitro benzene ring substituents is 1. The van der Waals surface area contributed by atoms with E-state index in [1.165, 1.54) is 30.4 Å². The number of nitro groups is 1. The molecule has 0 radical (unpaired) electrons. The summed E-state index contributed by atoms with van der Waals surface area (Å²) in [6.07, 6.45) is 2.66. The molecule has 5 heteroatoms. The van der Waals surface area contributed by atoms with Crippen molar-refractivity contribution in [1.82, 2.24) is 0 Å². The van der Waals surface area contributed by atoms with Crippen LogP contribution in [0.2, 0.25) is 0 Å². The highest BCUT2D eigenvalue weighted by Gasteiger charge is 2.15. The van der Waals surface area contributed by atoms with Crippen molar-refractivity contribution in [2.24, 2.45) is 0 Å². The Balaban J connectivity index is 1.79. The van der Waals surface area contributed by atoms with Crippen molar-refractivity contribution in [3.63, 3.8) is 0 Å². The quantitative estimate of drug-likeness (QED) is 0.310. The van der Waals surface area contributed by atoms with Gasteiger partial charge in [0.2, 0.25) is 5.75 Å². The number of phenolic OH excluding ortho intramolecular Hbond substituents is 1. The summed E-state index contributed by atoms with van der Waals surface area (Å²) in [5.74, 6) is -0.712. The monoisotopic (exact) mass is 345 g/mol. The first kappa shape index (κ1) is 17.1. The highest BCUT2D eigenvalue weighted by molar-refractivity contribution is 6.07. The lowest BCUT2D eigenvalue weighted by molar-refractivity contribution is -0.385. The van der Waals surface area contributed by atoms with Gasteiger partial charge in [-0.3, -0.25) is 14.9 Å². The minimum Gasteiger partial charge on any atom is -0.502 e. The first-order valence-electron chi connectivity index (χ1n) is 7.90. The van der Waals surface area contributed by atoms with Gasteiger partial charge in [-0.25, -0.2) is 0 Å². The fraction of sp³-hybridized carbons (Fsp3) is 0. The number of hydrogen-bond donors (Lipinski definition) is 1. The molecule has 0 aliphatic rings. The number of carbonyl (C=O) groups is 1. The van der Waals surface area contributed by atoms with Gasteiger partial charge in [-0.15, -0.1) is 0 Å². The second-order valence-electron chi connectivity index (χ2n) is 5.61. The molecule has 0 saturated heterocycles. The lowest BCUT2D eigenvalue weighted by Crippen LogP contribution is -1.94. The molecule has 1 N–H and O–H groups in total. The van der Waals surface area contributed by atoms with E-state index in [9.17, 15) is 20.0 Å². The Labute approximate surface area is 150 Å². The Morgan fingerprint density at radius 3 is 2.19 bits per heavy atom. The number of carbonyl (C=O) groups excluding carboxylic acids is 1. The van der Waals surface area contributed by atoms with E-state index in [4.69, 9.17) is 0 Å². The molecule has 0 atom stereocenters. The fourth-order valence-electron chi connectivity index (χ4n) is 2.55. The van der Waals surface area contributed by atoms with Crippen LogP contribution in [0.25, 0.3) is 17.2 Å². The highest BCUT2D eigenvalue weighted by Crippen LogP contribution is 2.30. The zero-order valence-corrected chi connectivity index (χ0v) is 13.7. The normalized spacial score (nSPS) is 10.8. The lowest BCUT2D eigenvalue weighted by atomic mass is 10.0. The van der Waals surface area contributed by atoms with Crippen LogP contribution in [-0.4, -0.2) is 15.8 Å². The molecular weight excluding hydrogens is 330 g/mol. The molecule has 0 aliphatic carbocycles. The standard InChI is InChI=1S/C21H15NO4/c23-20(14-13-18-7-4-8-19(21(18)24)22(25)26)17-11-9-16(10-12-17)15-5-2-1-3-6-15/h1-14,24H/b14-13+. The first-order valence-corrected chi connectivity index (χ1v) is 7.90. The summed E-state index contributed by atoms with van der Waals surface area (Å²) in [7, 11) is 0. The Hall–Kier alpha value is -3.73. The van der Waals surface area contributed by atoms with Crippen molar-refractivity contribution in [3.05, 3.63) is 100 Å². The minimum absolute atomic E-state index is 0.216. The van der Waals surface area contributed by atoms with E-state index in [1.54, 1.807) is 12.1 Å². The maximum atomic E-state index is 12.3. The molecule has 0 unspecified atom stereocenters. The molecule has 0 heterocycles. The molecule has 0 amide bonds. The number of benzene rings is 3. The van der Waals surface area contributed by atoms with E-state index in [2.05, 4.69) is 0 Å². The fourth-order valence-corrected chi connectivity index (χ4v) is 2.55. The van der Waals surface area contributed by atoms with Crippen LogP contribution < -0.4 is 0 Å². The molecular formula is C21H15NO4. The summed E-state index contributed by atoms with van der Waals surface area (Å²) in [5.41, 5.74) is 2.37. The van der Waals surface area contributed by atoms with E-state index in [0.717, 1.165) is 11.1 Å². The molecule has 0 saturated carbocycles. The molecule has 128 valence electrons. The number of hydrogen-bond acceptors (Lipinski definition) is 4. The Morgan fingerprint density at radius 2 is 1.54 bits per heavy atom. The molecule has 3 rings (SSSR count). The van der Waals surface area contributed by atoms with Crippen molar-refractivity contribution in [2.75, 3.05) is 0 Å². The Morgan fingerprint density at radius 1 is 0.885 bits per heavy atom. The van der Waals surface area contributed by atoms with Gasteiger partial charge < -0.3 is 5.11 Å². The van der Waals surface area contributed by atoms with E-state index < -0.39 is 16.4 Å². The largest absolute Gasteiger partial charge is 0.502 e. The SMILES string of the molecule is O=C(/C=C/c1cccc([N+](=O)[O-])c1O)c1ccc(-c2ccccc2)cc1. The van der Waals surface area contributed by atoms with Crippen LogP contribution in [0.5, 0.6) is 5.75 Å². The summed E-state index contributed by atoms with van der Waals surface area (Å²) in [6, 6.07) is 21.1. The van der Waals surface area contributed by atoms with Crippen molar-refractivity contribution in [2.45, 2.75) is 0 Å². The van der Waals surface area contributed by atoms with E-state index in [-0.39, 0.29) is 11.3 Å². The number of allylic oxidation sites excluding steroid dienone is 1. The van der Waals surface area contributed by atoms with Gasteiger partial charge in [-0.1, -0.05) is 66.7 Å². The van der Waals surface area contributed by atoms with Gasteiger partial charge in [0.15, 0.2) is 5.78 Å². The number of para-hydroxylation sites is 1. The van der Waals surface area contributed by atoms with Crippen molar-refractivity contribution < 1.29 is 14.8 Å². The van der Waals surface area contributed by atoms with E-state index in [0.29, 0.717) is 5.56 Å². The molecule has 0 spiro atoms. The van der Waals surface area contributed by atoms with Gasteiger partial charge in [0, 0.05) is 17.2 Å². The van der Waals surface area contributed by atoms with Crippen LogP contribution in [0.4, 0.5) is 5.69 Å². The second-order valence-corrected chi connectivity index (χ2v) is 5.61. The lowest BCUT2D eigenvalue weighted by Gasteiger charge is -2.03. The summed E-state index contributed by atoms with van der Waals surface area (Å²) < 4.78 is 0. The smallest absolute Gasteiger partial charge is 0.311 e. The molecule has 26 heavy (non-hydrogen) atoms. The van der Waals surface area contributed by atoms with Crippen LogP contribution in [0, 0.1) is 10.1 Å². The zero-order valence-electron chi connectivity index (χ0n) is 13.7. The molecule has 3 aromatic carbocycles. The molecule has 5 nitrogen and oxygen atoms in total. The van der Waals surface area contributed by atoms with E-state index in [1.807, 2.05) is 42.5 Å². The third kappa shape index (κ3) is 3.67. The summed E-state index contributed by atoms with van der Waals surface area (Å²) in [6.45, 7) is 0. The number of ketones is 1. The molecule has 0 bridgehead atoms. The zero-order chi connectivity index (χ0) is 18.5. The van der Waals surface area contributed by atoms with Gasteiger partial charge in [-0.05, 0) is 23.3 Å². The van der Waals surface area contributed by atoms with Crippen LogP contribution in [0.3, 0.4) is 0 Å². The van der Waals surface area contributed by atoms with Gasteiger partial charge in [-0.2, -0.15) is 0 Å². The van der Waals surface area contributed by atoms with Gasteiger partial charge in [0.1, 0.15) is 0 Å². The third-order valence-electron chi connectivity index (χ3n) is 3.93. The predicted octanol–water partition coefficient (Wildman–Crippen LogP) is 4.86. The molecule has 0 aliphatic heterocycles. The van der Waals surface area contributed by atoms with Gasteiger partial charge in [0.25, 0.3) is 0 Å². The summed E-state index contributed by atoms with van der Waals surface area (Å²) in [4.78, 5) is 22.5. The van der Waals surface area contributed by atoms with Crippen LogP contribution in [-0.2, 0) is 0 Å². The van der Waals surface area contributed by atoms with Gasteiger partial charge >= 0.3 is 5.69 Å². The van der Waals surface area contributed by atoms with Crippen LogP contribution >= 0.6 is 0 Å². The molecule has 0 fully saturated rings. The van der Waals surface area contributed by atoms with Crippen molar-refractivity contribution in [1.29, 1.82) is 0 Å². The maximum Gasteiger partial charge on any atom is 0.311 e. The summed E-state index contributed by atoms with van der Waals surface area (Å²) >= 11 is 0. The number of rotatable bonds is 5. The number of phenols is 1. The average Bonchev–Trinajstić information content (AvgIpc) is 2.67. The van der Waals surface area contributed by atoms with Crippen LogP contribution in [0.15, 0.2) is 78.9 Å². The number of nitrogens with zero attached hydrogens (tertiary/aromatic N) is 1. The molecule has 3 aromatic rings. The average molecular weight is 345 g/mol. The second kappa shape index (κ2) is 7.44. The highest BCUT2D eigenvalue weighted by atomic mass is 16.6. The van der Waals surface area contributed by atoms with Crippen LogP contribution in [0.1, 0.15) is 15.9 Å². The maximum absolute atomic E-state index is 12.3. The minimum atomic E-state index is -0.670. The third-order valence-corrected chi connectivity index (χ3v) is 3.93. The number of aromatic hydroxyl groups is 1. The van der Waals surface area contributed by atoms with Gasteiger partial charge in [0.05, 0.1) is 4.92 Å². The Bertz CT molecular complexity index is 977. The van der Waals surface area contributed by atoms with E-state index >= 15 is 0 Å².